The van der Waals surface area contributed by atoms with E-state index >= 15 is 0 Å². The molecule has 2 N–H and O–H groups in total. The molecule has 2 amide bonds. The van der Waals surface area contributed by atoms with Crippen LogP contribution in [0.1, 0.15) is 55.8 Å². The maximum Gasteiger partial charge on any atom is 4.00 e. The van der Waals surface area contributed by atoms with E-state index in [-0.39, 0.29) is 33.1 Å². The summed E-state index contributed by atoms with van der Waals surface area (Å²) in [5.74, 6) is -4.36. The summed E-state index contributed by atoms with van der Waals surface area (Å²) in [5.41, 5.74) is 4.49. The SMILES string of the molecule is O=C(Nc1ccc(F)[c-]c1F)c1ccccc1Cc1ccccc1.O=C(Nc1ccc(F)[c-]c1F)c1ccccc1Cc1ccccc1.[C-]1=CC=CC1.[C-]1=CC=CC1.[Ti+4]. The van der Waals surface area contributed by atoms with Crippen molar-refractivity contribution in [2.75, 3.05) is 10.6 Å². The Morgan fingerprint density at radius 2 is 0.864 bits per heavy atom. The molecule has 6 aromatic carbocycles. The van der Waals surface area contributed by atoms with Crippen LogP contribution in [0.4, 0.5) is 28.9 Å². The number of benzene rings is 6. The fourth-order valence-corrected chi connectivity index (χ4v) is 5.56. The summed E-state index contributed by atoms with van der Waals surface area (Å²) < 4.78 is 53.1. The summed E-state index contributed by atoms with van der Waals surface area (Å²) in [6.07, 6.45) is 21.2. The number of carbonyl (C=O) groups is 2. The fraction of sp³-hybridized carbons (Fsp3) is 0.0800. The van der Waals surface area contributed by atoms with Crippen molar-refractivity contribution in [2.45, 2.75) is 25.7 Å². The van der Waals surface area contributed by atoms with E-state index in [0.29, 0.717) is 24.0 Å². The first kappa shape index (κ1) is 45.4. The number of allylic oxidation sites excluding steroid dienone is 8. The summed E-state index contributed by atoms with van der Waals surface area (Å²) in [6.45, 7) is 0. The van der Waals surface area contributed by atoms with Crippen molar-refractivity contribution in [3.63, 3.8) is 0 Å². The van der Waals surface area contributed by atoms with Crippen LogP contribution >= 0.6 is 0 Å². The minimum absolute atomic E-state index is 0. The molecular weight excluding hydrogens is 784 g/mol. The first-order valence-electron chi connectivity index (χ1n) is 18.3. The summed E-state index contributed by atoms with van der Waals surface area (Å²) in [7, 11) is 0. The molecule has 0 atom stereocenters. The van der Waals surface area contributed by atoms with Gasteiger partial charge in [-0.2, -0.15) is 12.2 Å². The Kier molecular flexibility index (Phi) is 18.8. The molecular formula is C50H38F4N2O2Ti. The zero-order valence-corrected chi connectivity index (χ0v) is 33.4. The van der Waals surface area contributed by atoms with Gasteiger partial charge in [-0.05, 0) is 58.6 Å². The van der Waals surface area contributed by atoms with E-state index in [1.54, 1.807) is 24.3 Å². The van der Waals surface area contributed by atoms with Crippen molar-refractivity contribution in [1.82, 2.24) is 0 Å². The molecule has 0 unspecified atom stereocenters. The van der Waals surface area contributed by atoms with Gasteiger partial charge in [-0.3, -0.25) is 21.7 Å². The molecule has 0 radical (unpaired) electrons. The number of halogens is 4. The van der Waals surface area contributed by atoms with Crippen LogP contribution in [-0.4, -0.2) is 11.8 Å². The van der Waals surface area contributed by atoms with Crippen molar-refractivity contribution < 1.29 is 48.9 Å². The first-order chi connectivity index (χ1) is 28.3. The van der Waals surface area contributed by atoms with E-state index in [1.165, 1.54) is 12.1 Å². The Morgan fingerprint density at radius 3 is 1.19 bits per heavy atom. The maximum absolute atomic E-state index is 13.7. The Hall–Kier alpha value is -6.35. The van der Waals surface area contributed by atoms with Crippen LogP contribution < -0.4 is 10.6 Å². The number of rotatable bonds is 8. The molecule has 9 heteroatoms. The van der Waals surface area contributed by atoms with Crippen molar-refractivity contribution in [1.29, 1.82) is 0 Å². The van der Waals surface area contributed by atoms with Crippen LogP contribution in [0.25, 0.3) is 0 Å². The molecule has 2 aliphatic rings. The molecule has 8 rings (SSSR count). The molecule has 6 aromatic rings. The molecule has 0 aliphatic heterocycles. The number of amides is 2. The quantitative estimate of drug-likeness (QED) is 0.0913. The number of nitrogens with one attached hydrogen (secondary N) is 2. The topological polar surface area (TPSA) is 58.2 Å². The summed E-state index contributed by atoms with van der Waals surface area (Å²) in [5, 5.41) is 4.94. The third-order valence-electron chi connectivity index (χ3n) is 8.39. The molecule has 59 heavy (non-hydrogen) atoms. The smallest absolute Gasteiger partial charge is 0.373 e. The van der Waals surface area contributed by atoms with Crippen LogP contribution in [-0.2, 0) is 34.6 Å². The zero-order chi connectivity index (χ0) is 41.0. The molecule has 0 bridgehead atoms. The van der Waals surface area contributed by atoms with Crippen molar-refractivity contribution in [3.8, 4) is 0 Å². The second kappa shape index (κ2) is 24.4. The third kappa shape index (κ3) is 15.2. The maximum atomic E-state index is 13.7. The van der Waals surface area contributed by atoms with Gasteiger partial charge in [-0.15, -0.1) is 49.2 Å². The van der Waals surface area contributed by atoms with Gasteiger partial charge < -0.3 is 10.6 Å². The Morgan fingerprint density at radius 1 is 0.492 bits per heavy atom. The number of hydrogen-bond donors (Lipinski definition) is 2. The molecule has 0 fully saturated rings. The van der Waals surface area contributed by atoms with Gasteiger partial charge in [0, 0.05) is 34.4 Å². The second-order valence-corrected chi connectivity index (χ2v) is 12.6. The molecule has 0 spiro atoms. The first-order valence-corrected chi connectivity index (χ1v) is 18.3. The van der Waals surface area contributed by atoms with Crippen LogP contribution in [0.3, 0.4) is 0 Å². The fourth-order valence-electron chi connectivity index (χ4n) is 5.56. The third-order valence-corrected chi connectivity index (χ3v) is 8.39. The number of hydrogen-bond acceptors (Lipinski definition) is 2. The average Bonchev–Trinajstić information content (AvgIpc) is 4.03. The molecule has 0 aromatic heterocycles. The van der Waals surface area contributed by atoms with E-state index in [9.17, 15) is 27.2 Å². The molecule has 2 aliphatic carbocycles. The van der Waals surface area contributed by atoms with E-state index in [2.05, 4.69) is 34.9 Å². The van der Waals surface area contributed by atoms with Crippen LogP contribution in [0.5, 0.6) is 0 Å². The minimum Gasteiger partial charge on any atom is -0.373 e. The van der Waals surface area contributed by atoms with Crippen molar-refractivity contribution in [2.24, 2.45) is 0 Å². The van der Waals surface area contributed by atoms with Gasteiger partial charge in [0.1, 0.15) is 0 Å². The second-order valence-electron chi connectivity index (χ2n) is 12.6. The molecule has 0 saturated heterocycles. The van der Waals surface area contributed by atoms with Crippen molar-refractivity contribution in [3.05, 3.63) is 251 Å². The largest absolute Gasteiger partial charge is 4.00 e. The number of anilines is 2. The van der Waals surface area contributed by atoms with Gasteiger partial charge in [-0.1, -0.05) is 97.1 Å². The summed E-state index contributed by atoms with van der Waals surface area (Å²) >= 11 is 0. The number of carbonyl (C=O) groups excluding carboxylic acids is 2. The van der Waals surface area contributed by atoms with E-state index < -0.39 is 35.1 Å². The van der Waals surface area contributed by atoms with Crippen LogP contribution in [0.15, 0.2) is 170 Å². The molecule has 292 valence electrons. The standard InChI is InChI=1S/2C20H14F2NO.2C5H5.Ti/c2*21-16-10-11-19(18(22)13-16)23-20(24)17-9-5-4-8-15(17)12-14-6-2-1-3-7-14;2*1-2-4-5-3-1;/h2*1-11H,12H2,(H,23,24);2*1-3H,4H2;/q4*-1;+4. The van der Waals surface area contributed by atoms with Crippen LogP contribution in [0, 0.1) is 47.6 Å². The zero-order valence-electron chi connectivity index (χ0n) is 31.8. The van der Waals surface area contributed by atoms with E-state index in [4.69, 9.17) is 0 Å². The predicted molar refractivity (Wildman–Crippen MR) is 221 cm³/mol. The Balaban J connectivity index is 0.000000207. The van der Waals surface area contributed by atoms with Crippen molar-refractivity contribution >= 4 is 23.2 Å². The van der Waals surface area contributed by atoms with Gasteiger partial charge in [0.25, 0.3) is 0 Å². The normalized spacial score (nSPS) is 11.5. The van der Waals surface area contributed by atoms with Gasteiger partial charge in [0.05, 0.1) is 0 Å². The van der Waals surface area contributed by atoms with Gasteiger partial charge in [0.2, 0.25) is 11.8 Å². The van der Waals surface area contributed by atoms with Gasteiger partial charge in [-0.25, -0.2) is 41.9 Å². The Labute approximate surface area is 357 Å². The summed E-state index contributed by atoms with van der Waals surface area (Å²) in [6, 6.07) is 42.0. The molecule has 4 nitrogen and oxygen atoms in total. The summed E-state index contributed by atoms with van der Waals surface area (Å²) in [4.78, 5) is 25.0. The average molecular weight is 823 g/mol. The predicted octanol–water partition coefficient (Wildman–Crippen LogP) is 11.8. The molecule has 0 saturated carbocycles. The monoisotopic (exact) mass is 822 g/mol. The minimum atomic E-state index is -0.927. The van der Waals surface area contributed by atoms with Gasteiger partial charge >= 0.3 is 21.7 Å². The van der Waals surface area contributed by atoms with Crippen LogP contribution in [0.2, 0.25) is 0 Å². The van der Waals surface area contributed by atoms with E-state index in [0.717, 1.165) is 47.2 Å². The Bertz CT molecular complexity index is 2210. The molecule has 0 heterocycles. The van der Waals surface area contributed by atoms with E-state index in [1.807, 2.05) is 121 Å². The van der Waals surface area contributed by atoms with Gasteiger partial charge in [0.15, 0.2) is 0 Å².